The SMILES string of the molecule is CC(=O)[C@]12CCC[C@H]1N(c1ccccc1)N=C2c1ccccc1. The van der Waals surface area contributed by atoms with Crippen molar-refractivity contribution in [2.24, 2.45) is 10.5 Å². The number of anilines is 1. The van der Waals surface area contributed by atoms with Gasteiger partial charge in [-0.2, -0.15) is 5.10 Å². The van der Waals surface area contributed by atoms with Crippen molar-refractivity contribution >= 4 is 17.2 Å². The lowest BCUT2D eigenvalue weighted by Gasteiger charge is -2.31. The number of hydrazone groups is 1. The zero-order valence-electron chi connectivity index (χ0n) is 13.3. The number of nitrogens with zero attached hydrogens (tertiary/aromatic N) is 2. The second kappa shape index (κ2) is 5.34. The number of hydrogen-bond acceptors (Lipinski definition) is 3. The molecule has 0 bridgehead atoms. The standard InChI is InChI=1S/C20H20N2O/c1-15(23)20-14-8-13-18(20)22(17-11-6-3-7-12-17)21-19(20)16-9-4-2-5-10-16/h2-7,9-12,18H,8,13-14H2,1H3/t18-,20-/m1/s1. The first-order valence-corrected chi connectivity index (χ1v) is 8.23. The van der Waals surface area contributed by atoms with Gasteiger partial charge in [-0.05, 0) is 43.9 Å². The highest BCUT2D eigenvalue weighted by atomic mass is 16.1. The highest BCUT2D eigenvalue weighted by Crippen LogP contribution is 2.50. The van der Waals surface area contributed by atoms with E-state index in [1.54, 1.807) is 6.92 Å². The van der Waals surface area contributed by atoms with Crippen LogP contribution in [0.1, 0.15) is 31.7 Å². The minimum Gasteiger partial charge on any atom is -0.299 e. The van der Waals surface area contributed by atoms with E-state index in [0.29, 0.717) is 0 Å². The van der Waals surface area contributed by atoms with Gasteiger partial charge in [0.05, 0.1) is 22.9 Å². The van der Waals surface area contributed by atoms with Crippen LogP contribution in [0.15, 0.2) is 65.8 Å². The van der Waals surface area contributed by atoms with E-state index in [1.165, 1.54) is 0 Å². The van der Waals surface area contributed by atoms with Crippen LogP contribution in [0.4, 0.5) is 5.69 Å². The van der Waals surface area contributed by atoms with E-state index in [2.05, 4.69) is 29.3 Å². The summed E-state index contributed by atoms with van der Waals surface area (Å²) in [6.45, 7) is 1.73. The van der Waals surface area contributed by atoms with Crippen LogP contribution in [0, 0.1) is 5.41 Å². The monoisotopic (exact) mass is 304 g/mol. The van der Waals surface area contributed by atoms with Crippen molar-refractivity contribution in [3.63, 3.8) is 0 Å². The van der Waals surface area contributed by atoms with Crippen molar-refractivity contribution in [1.82, 2.24) is 0 Å². The Balaban J connectivity index is 1.88. The Morgan fingerprint density at radius 1 is 1.09 bits per heavy atom. The van der Waals surface area contributed by atoms with Gasteiger partial charge in [0.15, 0.2) is 0 Å². The van der Waals surface area contributed by atoms with Gasteiger partial charge in [-0.15, -0.1) is 0 Å². The molecule has 1 fully saturated rings. The van der Waals surface area contributed by atoms with E-state index in [4.69, 9.17) is 5.10 Å². The molecule has 0 saturated heterocycles. The fourth-order valence-corrected chi connectivity index (χ4v) is 4.17. The molecule has 1 saturated carbocycles. The van der Waals surface area contributed by atoms with Gasteiger partial charge in [-0.25, -0.2) is 0 Å². The molecule has 3 heteroatoms. The third-order valence-corrected chi connectivity index (χ3v) is 5.24. The summed E-state index contributed by atoms with van der Waals surface area (Å²) >= 11 is 0. The number of rotatable bonds is 3. The third kappa shape index (κ3) is 2.03. The van der Waals surface area contributed by atoms with Crippen molar-refractivity contribution in [2.45, 2.75) is 32.2 Å². The maximum absolute atomic E-state index is 12.7. The molecule has 1 aliphatic heterocycles. The number of fused-ring (bicyclic) bond motifs is 1. The van der Waals surface area contributed by atoms with E-state index >= 15 is 0 Å². The molecule has 0 radical (unpaired) electrons. The van der Waals surface area contributed by atoms with Crippen LogP contribution in [0.5, 0.6) is 0 Å². The molecule has 116 valence electrons. The van der Waals surface area contributed by atoms with Crippen molar-refractivity contribution in [2.75, 3.05) is 5.01 Å². The molecule has 1 aliphatic carbocycles. The van der Waals surface area contributed by atoms with Crippen molar-refractivity contribution < 1.29 is 4.79 Å². The summed E-state index contributed by atoms with van der Waals surface area (Å²) in [5.74, 6) is 0.237. The Hall–Kier alpha value is -2.42. The van der Waals surface area contributed by atoms with Gasteiger partial charge >= 0.3 is 0 Å². The van der Waals surface area contributed by atoms with Crippen LogP contribution in [0.2, 0.25) is 0 Å². The summed E-state index contributed by atoms with van der Waals surface area (Å²) in [5.41, 5.74) is 2.61. The van der Waals surface area contributed by atoms with Gasteiger partial charge in [-0.3, -0.25) is 9.80 Å². The number of Topliss-reactive ketones (excluding diaryl/α,β-unsaturated/α-hetero) is 1. The van der Waals surface area contributed by atoms with E-state index in [-0.39, 0.29) is 11.8 Å². The van der Waals surface area contributed by atoms with Gasteiger partial charge in [-0.1, -0.05) is 48.5 Å². The van der Waals surface area contributed by atoms with Crippen LogP contribution >= 0.6 is 0 Å². The van der Waals surface area contributed by atoms with Crippen LogP contribution in [0.25, 0.3) is 0 Å². The zero-order valence-corrected chi connectivity index (χ0v) is 13.3. The quantitative estimate of drug-likeness (QED) is 0.857. The fraction of sp³-hybridized carbons (Fsp3) is 0.300. The van der Waals surface area contributed by atoms with Gasteiger partial charge < -0.3 is 0 Å². The normalized spacial score (nSPS) is 26.0. The zero-order chi connectivity index (χ0) is 15.9. The van der Waals surface area contributed by atoms with Gasteiger partial charge in [0.1, 0.15) is 5.78 Å². The van der Waals surface area contributed by atoms with E-state index < -0.39 is 5.41 Å². The molecule has 23 heavy (non-hydrogen) atoms. The van der Waals surface area contributed by atoms with E-state index in [0.717, 1.165) is 36.2 Å². The van der Waals surface area contributed by atoms with Crippen molar-refractivity contribution in [1.29, 1.82) is 0 Å². The predicted molar refractivity (Wildman–Crippen MR) is 92.7 cm³/mol. The van der Waals surface area contributed by atoms with Gasteiger partial charge in [0.25, 0.3) is 0 Å². The number of benzene rings is 2. The Bertz CT molecular complexity index is 754. The van der Waals surface area contributed by atoms with E-state index in [1.807, 2.05) is 36.4 Å². The summed E-state index contributed by atoms with van der Waals surface area (Å²) in [6.07, 6.45) is 2.97. The third-order valence-electron chi connectivity index (χ3n) is 5.24. The predicted octanol–water partition coefficient (Wildman–Crippen LogP) is 4.04. The summed E-state index contributed by atoms with van der Waals surface area (Å²) in [6, 6.07) is 20.5. The largest absolute Gasteiger partial charge is 0.299 e. The molecule has 2 aromatic rings. The molecular weight excluding hydrogens is 284 g/mol. The Labute approximate surface area is 136 Å². The molecule has 0 spiro atoms. The number of para-hydroxylation sites is 1. The second-order valence-electron chi connectivity index (χ2n) is 6.43. The number of carbonyl (C=O) groups is 1. The first-order chi connectivity index (χ1) is 11.2. The van der Waals surface area contributed by atoms with Crippen LogP contribution < -0.4 is 5.01 Å². The molecule has 2 aliphatic rings. The first kappa shape index (κ1) is 14.2. The Kier molecular flexibility index (Phi) is 3.29. The first-order valence-electron chi connectivity index (χ1n) is 8.23. The summed E-state index contributed by atoms with van der Waals surface area (Å²) in [7, 11) is 0. The number of carbonyl (C=O) groups excluding carboxylic acids is 1. The van der Waals surface area contributed by atoms with Crippen LogP contribution in [-0.4, -0.2) is 17.5 Å². The summed E-state index contributed by atoms with van der Waals surface area (Å²) < 4.78 is 0. The van der Waals surface area contributed by atoms with Crippen LogP contribution in [-0.2, 0) is 4.79 Å². The van der Waals surface area contributed by atoms with Crippen molar-refractivity contribution in [3.8, 4) is 0 Å². The smallest absolute Gasteiger partial charge is 0.144 e. The average Bonchev–Trinajstić information content (AvgIpc) is 3.15. The Morgan fingerprint density at radius 3 is 2.39 bits per heavy atom. The highest BCUT2D eigenvalue weighted by molar-refractivity contribution is 6.19. The molecule has 1 heterocycles. The minimum atomic E-state index is -0.461. The highest BCUT2D eigenvalue weighted by Gasteiger charge is 2.57. The molecule has 0 unspecified atom stereocenters. The molecule has 2 atom stereocenters. The van der Waals surface area contributed by atoms with Gasteiger partial charge in [0.2, 0.25) is 0 Å². The topological polar surface area (TPSA) is 32.7 Å². The number of hydrogen-bond donors (Lipinski definition) is 0. The molecule has 0 N–H and O–H groups in total. The minimum absolute atomic E-state index is 0.137. The molecule has 4 rings (SSSR count). The summed E-state index contributed by atoms with van der Waals surface area (Å²) in [5, 5.41) is 7.02. The van der Waals surface area contributed by atoms with E-state index in [9.17, 15) is 4.79 Å². The van der Waals surface area contributed by atoms with Gasteiger partial charge in [0, 0.05) is 0 Å². The Morgan fingerprint density at radius 2 is 1.74 bits per heavy atom. The lowest BCUT2D eigenvalue weighted by molar-refractivity contribution is -0.123. The maximum Gasteiger partial charge on any atom is 0.144 e. The maximum atomic E-state index is 12.7. The molecular formula is C20H20N2O. The molecule has 0 aromatic heterocycles. The lowest BCUT2D eigenvalue weighted by Crippen LogP contribution is -2.45. The number of ketones is 1. The fourth-order valence-electron chi connectivity index (χ4n) is 4.17. The second-order valence-corrected chi connectivity index (χ2v) is 6.43. The molecule has 2 aromatic carbocycles. The van der Waals surface area contributed by atoms with Crippen molar-refractivity contribution in [3.05, 3.63) is 66.2 Å². The lowest BCUT2D eigenvalue weighted by atomic mass is 9.73. The average molecular weight is 304 g/mol. The molecule has 0 amide bonds. The molecule has 3 nitrogen and oxygen atoms in total. The van der Waals surface area contributed by atoms with Crippen LogP contribution in [0.3, 0.4) is 0 Å². The summed E-state index contributed by atoms with van der Waals surface area (Å²) in [4.78, 5) is 12.7.